The van der Waals surface area contributed by atoms with Crippen LogP contribution in [0.2, 0.25) is 0 Å². The van der Waals surface area contributed by atoms with Crippen molar-refractivity contribution in [3.05, 3.63) is 120 Å². The summed E-state index contributed by atoms with van der Waals surface area (Å²) in [6.45, 7) is 0.0301. The molecule has 4 rings (SSSR count). The maximum atomic E-state index is 13.9. The number of nitrogens with zero attached hydrogens (tertiary/aromatic N) is 2. The lowest BCUT2D eigenvalue weighted by Crippen LogP contribution is -2.32. The third kappa shape index (κ3) is 5.97. The van der Waals surface area contributed by atoms with Crippen LogP contribution in [0.5, 0.6) is 5.75 Å². The largest absolute Gasteiger partial charge is 0.497 e. The van der Waals surface area contributed by atoms with Crippen molar-refractivity contribution in [1.29, 1.82) is 5.26 Å². The molecule has 186 valence electrons. The molecule has 0 heterocycles. The fraction of sp³-hybridized carbons (Fsp3) is 0.103. The highest BCUT2D eigenvalue weighted by atomic mass is 32.2. The minimum atomic E-state index is -4.05. The number of nitrogens with one attached hydrogen (secondary N) is 1. The molecule has 0 fully saturated rings. The van der Waals surface area contributed by atoms with Gasteiger partial charge in [0.2, 0.25) is 0 Å². The van der Waals surface area contributed by atoms with Crippen molar-refractivity contribution in [1.82, 2.24) is 0 Å². The predicted octanol–water partition coefficient (Wildman–Crippen LogP) is 5.41. The second-order valence-electron chi connectivity index (χ2n) is 8.18. The Morgan fingerprint density at radius 3 is 2.16 bits per heavy atom. The summed E-state index contributed by atoms with van der Waals surface area (Å²) < 4.78 is 34.2. The molecule has 0 radical (unpaired) electrons. The van der Waals surface area contributed by atoms with Crippen LogP contribution < -0.4 is 14.4 Å². The molecule has 0 atom stereocenters. The average Bonchev–Trinajstić information content (AvgIpc) is 2.93. The Kier molecular flexibility index (Phi) is 7.86. The third-order valence-electron chi connectivity index (χ3n) is 5.73. The van der Waals surface area contributed by atoms with Crippen LogP contribution in [0.3, 0.4) is 0 Å². The van der Waals surface area contributed by atoms with Gasteiger partial charge in [-0.1, -0.05) is 54.6 Å². The van der Waals surface area contributed by atoms with Crippen molar-refractivity contribution in [2.45, 2.75) is 17.9 Å². The molecule has 0 aliphatic heterocycles. The fourth-order valence-electron chi connectivity index (χ4n) is 3.80. The standard InChI is InChI=1S/C29H25N3O4S/c1-36-25-15-17-26(18-16-25)37(34,35)32(21-23-7-3-2-4-8-23)28-10-6-5-9-27(28)29(33)31-24-13-11-22(12-14-24)19-20-30/h2-18H,19,21H2,1H3,(H,31,33). The van der Waals surface area contributed by atoms with Gasteiger partial charge < -0.3 is 10.1 Å². The maximum absolute atomic E-state index is 13.9. The number of carbonyl (C=O) groups excluding carboxylic acids is 1. The van der Waals surface area contributed by atoms with Crippen molar-refractivity contribution in [3.8, 4) is 11.8 Å². The van der Waals surface area contributed by atoms with Crippen LogP contribution in [0.1, 0.15) is 21.5 Å². The molecule has 0 saturated heterocycles. The summed E-state index contributed by atoms with van der Waals surface area (Å²) in [5.41, 5.74) is 2.59. The molecule has 0 unspecified atom stereocenters. The van der Waals surface area contributed by atoms with Gasteiger partial charge in [-0.3, -0.25) is 9.10 Å². The molecule has 0 aliphatic carbocycles. The zero-order valence-electron chi connectivity index (χ0n) is 20.2. The molecule has 7 nitrogen and oxygen atoms in total. The number of anilines is 2. The normalized spacial score (nSPS) is 10.8. The summed E-state index contributed by atoms with van der Waals surface area (Å²) in [7, 11) is -2.54. The summed E-state index contributed by atoms with van der Waals surface area (Å²) in [4.78, 5) is 13.4. The number of amides is 1. The molecule has 0 saturated carbocycles. The van der Waals surface area contributed by atoms with Crippen LogP contribution >= 0.6 is 0 Å². The number of nitriles is 1. The Morgan fingerprint density at radius 2 is 1.51 bits per heavy atom. The van der Waals surface area contributed by atoms with E-state index in [1.54, 1.807) is 60.7 Å². The van der Waals surface area contributed by atoms with Gasteiger partial charge in [0.25, 0.3) is 15.9 Å². The first kappa shape index (κ1) is 25.5. The Morgan fingerprint density at radius 1 is 0.865 bits per heavy atom. The Hall–Kier alpha value is -4.61. The van der Waals surface area contributed by atoms with Crippen LogP contribution in [0.25, 0.3) is 0 Å². The van der Waals surface area contributed by atoms with Crippen LogP contribution in [-0.4, -0.2) is 21.4 Å². The van der Waals surface area contributed by atoms with Gasteiger partial charge in [-0.25, -0.2) is 8.42 Å². The van der Waals surface area contributed by atoms with Crippen molar-refractivity contribution >= 4 is 27.3 Å². The van der Waals surface area contributed by atoms with E-state index in [0.717, 1.165) is 11.1 Å². The Bertz CT molecular complexity index is 1510. The number of ether oxygens (including phenoxy) is 1. The highest BCUT2D eigenvalue weighted by Crippen LogP contribution is 2.30. The van der Waals surface area contributed by atoms with Crippen molar-refractivity contribution in [3.63, 3.8) is 0 Å². The van der Waals surface area contributed by atoms with Crippen molar-refractivity contribution in [2.24, 2.45) is 0 Å². The smallest absolute Gasteiger partial charge is 0.264 e. The first-order valence-electron chi connectivity index (χ1n) is 11.5. The van der Waals surface area contributed by atoms with E-state index < -0.39 is 15.9 Å². The highest BCUT2D eigenvalue weighted by molar-refractivity contribution is 7.92. The number of sulfonamides is 1. The Labute approximate surface area is 216 Å². The van der Waals surface area contributed by atoms with Gasteiger partial charge in [-0.05, 0) is 59.7 Å². The van der Waals surface area contributed by atoms with Crippen LogP contribution in [-0.2, 0) is 23.0 Å². The monoisotopic (exact) mass is 511 g/mol. The minimum absolute atomic E-state index is 0.0301. The molecule has 4 aromatic carbocycles. The SMILES string of the molecule is COc1ccc(S(=O)(=O)N(Cc2ccccc2)c2ccccc2C(=O)Nc2ccc(CC#N)cc2)cc1. The molecule has 1 N–H and O–H groups in total. The van der Waals surface area contributed by atoms with Crippen LogP contribution in [0.4, 0.5) is 11.4 Å². The van der Waals surface area contributed by atoms with Gasteiger partial charge in [0.1, 0.15) is 5.75 Å². The number of para-hydroxylation sites is 1. The van der Waals surface area contributed by atoms with Crippen molar-refractivity contribution in [2.75, 3.05) is 16.7 Å². The van der Waals surface area contributed by atoms with Gasteiger partial charge in [0, 0.05) is 5.69 Å². The highest BCUT2D eigenvalue weighted by Gasteiger charge is 2.28. The van der Waals surface area contributed by atoms with Crippen molar-refractivity contribution < 1.29 is 17.9 Å². The second-order valence-corrected chi connectivity index (χ2v) is 10.0. The van der Waals surface area contributed by atoms with E-state index in [1.165, 1.54) is 23.5 Å². The quantitative estimate of drug-likeness (QED) is 0.324. The summed E-state index contributed by atoms with van der Waals surface area (Å²) in [6, 6.07) is 31.0. The van der Waals surface area contributed by atoms with E-state index in [4.69, 9.17) is 10.00 Å². The van der Waals surface area contributed by atoms with Gasteiger partial charge in [-0.2, -0.15) is 5.26 Å². The lowest BCUT2D eigenvalue weighted by Gasteiger charge is -2.26. The van der Waals surface area contributed by atoms with Gasteiger partial charge in [0.05, 0.1) is 42.3 Å². The average molecular weight is 512 g/mol. The van der Waals surface area contributed by atoms with E-state index in [1.807, 2.05) is 30.3 Å². The van der Waals surface area contributed by atoms with E-state index in [-0.39, 0.29) is 29.1 Å². The van der Waals surface area contributed by atoms with E-state index in [0.29, 0.717) is 11.4 Å². The molecular formula is C29H25N3O4S. The maximum Gasteiger partial charge on any atom is 0.264 e. The molecule has 8 heteroatoms. The predicted molar refractivity (Wildman–Crippen MR) is 143 cm³/mol. The number of methoxy groups -OCH3 is 1. The first-order chi connectivity index (χ1) is 17.9. The number of rotatable bonds is 9. The Balaban J connectivity index is 1.73. The van der Waals surface area contributed by atoms with Gasteiger partial charge >= 0.3 is 0 Å². The number of hydrogen-bond donors (Lipinski definition) is 1. The molecule has 0 aliphatic rings. The molecule has 0 spiro atoms. The third-order valence-corrected chi connectivity index (χ3v) is 7.50. The first-order valence-corrected chi connectivity index (χ1v) is 12.9. The molecule has 37 heavy (non-hydrogen) atoms. The van der Waals surface area contributed by atoms with Gasteiger partial charge in [0.15, 0.2) is 0 Å². The lowest BCUT2D eigenvalue weighted by molar-refractivity contribution is 0.102. The van der Waals surface area contributed by atoms with E-state index in [9.17, 15) is 13.2 Å². The van der Waals surface area contributed by atoms with Crippen LogP contribution in [0, 0.1) is 11.3 Å². The topological polar surface area (TPSA) is 99.5 Å². The van der Waals surface area contributed by atoms with E-state index in [2.05, 4.69) is 11.4 Å². The lowest BCUT2D eigenvalue weighted by atomic mass is 10.1. The number of hydrogen-bond acceptors (Lipinski definition) is 5. The summed E-state index contributed by atoms with van der Waals surface area (Å²) in [5, 5.41) is 11.7. The molecule has 1 amide bonds. The summed E-state index contributed by atoms with van der Waals surface area (Å²) in [6.07, 6.45) is 0.273. The zero-order chi connectivity index (χ0) is 26.3. The van der Waals surface area contributed by atoms with Crippen LogP contribution in [0.15, 0.2) is 108 Å². The van der Waals surface area contributed by atoms with E-state index >= 15 is 0 Å². The molecule has 0 aromatic heterocycles. The number of benzene rings is 4. The fourth-order valence-corrected chi connectivity index (χ4v) is 5.27. The summed E-state index contributed by atoms with van der Waals surface area (Å²) in [5.74, 6) is 0.0840. The zero-order valence-corrected chi connectivity index (χ0v) is 21.0. The summed E-state index contributed by atoms with van der Waals surface area (Å²) >= 11 is 0. The molecule has 4 aromatic rings. The molecule has 0 bridgehead atoms. The molecular weight excluding hydrogens is 486 g/mol. The second kappa shape index (κ2) is 11.4. The minimum Gasteiger partial charge on any atom is -0.497 e. The van der Waals surface area contributed by atoms with Gasteiger partial charge in [-0.15, -0.1) is 0 Å². The number of carbonyl (C=O) groups is 1.